The maximum absolute atomic E-state index is 14.0. The Hall–Kier alpha value is -4.61. The molecular formula is C37H50N6O10S. The van der Waals surface area contributed by atoms with Gasteiger partial charge in [0, 0.05) is 30.9 Å². The summed E-state index contributed by atoms with van der Waals surface area (Å²) in [6, 6.07) is 0.954. The molecule has 0 spiro atoms. The van der Waals surface area contributed by atoms with Crippen LogP contribution in [0.25, 0.3) is 5.57 Å². The van der Waals surface area contributed by atoms with Crippen molar-refractivity contribution in [1.82, 2.24) is 21.3 Å². The van der Waals surface area contributed by atoms with Gasteiger partial charge in [-0.2, -0.15) is 0 Å². The summed E-state index contributed by atoms with van der Waals surface area (Å²) in [5.74, 6) is -9.11. The van der Waals surface area contributed by atoms with Gasteiger partial charge in [0.2, 0.25) is 29.5 Å². The Balaban J connectivity index is 1.67. The highest BCUT2D eigenvalue weighted by molar-refractivity contribution is 8.03. The van der Waals surface area contributed by atoms with Gasteiger partial charge in [0.25, 0.3) is 0 Å². The van der Waals surface area contributed by atoms with Gasteiger partial charge >= 0.3 is 5.97 Å². The number of aliphatic hydroxyl groups excluding tert-OH is 1. The molecule has 10 N–H and O–H groups in total. The number of benzene rings is 1. The number of hydrogen-bond acceptors (Lipinski definition) is 11. The van der Waals surface area contributed by atoms with E-state index in [1.165, 1.54) is 11.8 Å². The lowest BCUT2D eigenvalue weighted by molar-refractivity contribution is -0.146. The van der Waals surface area contributed by atoms with E-state index in [0.717, 1.165) is 27.2 Å². The first-order chi connectivity index (χ1) is 25.5. The highest BCUT2D eigenvalue weighted by Gasteiger charge is 2.45. The molecule has 0 bridgehead atoms. The Morgan fingerprint density at radius 1 is 1.04 bits per heavy atom. The Kier molecular flexibility index (Phi) is 14.5. The number of nitrogens with one attached hydrogen (secondary N) is 4. The molecule has 54 heavy (non-hydrogen) atoms. The zero-order chi connectivity index (χ0) is 39.9. The number of carboxylic acids is 1. The Morgan fingerprint density at radius 2 is 1.74 bits per heavy atom. The molecule has 3 aliphatic rings. The van der Waals surface area contributed by atoms with E-state index in [1.807, 2.05) is 32.0 Å². The van der Waals surface area contributed by atoms with Crippen LogP contribution in [-0.4, -0.2) is 99.9 Å². The van der Waals surface area contributed by atoms with Crippen molar-refractivity contribution in [2.75, 3.05) is 12.3 Å². The molecule has 5 amide bonds. The van der Waals surface area contributed by atoms with Crippen molar-refractivity contribution in [2.24, 2.45) is 29.2 Å². The van der Waals surface area contributed by atoms with E-state index < -0.39 is 96.4 Å². The number of carbonyl (C=O) groups excluding carboxylic acids is 7. The third kappa shape index (κ3) is 10.8. The SMILES string of the molecule is CC[C@H](C)[C@@H]1NC(=O)CCC(=O)[C@@H](N)CC2=C(Cc3cc(C)ccc32)SC[C@@H](C(=O)N[C@@H](CC(N)=O)C(=O)C2C[C@H](O)C[C@H]2C(=O)O)NC(=O)CNC1=O. The van der Waals surface area contributed by atoms with Crippen molar-refractivity contribution in [2.45, 2.75) is 102 Å². The van der Waals surface area contributed by atoms with Gasteiger partial charge in [-0.1, -0.05) is 44.0 Å². The molecule has 1 aromatic rings. The normalized spacial score (nSPS) is 26.9. The number of primary amides is 1. The van der Waals surface area contributed by atoms with Crippen molar-refractivity contribution in [3.8, 4) is 0 Å². The number of aliphatic carboxylic acids is 1. The summed E-state index contributed by atoms with van der Waals surface area (Å²) in [5, 5.41) is 30.1. The molecule has 0 saturated heterocycles. The molecule has 1 saturated carbocycles. The fraction of sp³-hybridized carbons (Fsp3) is 0.568. The molecule has 1 unspecified atom stereocenters. The number of Topliss-reactive ketones (excluding diaryl/α,β-unsaturated/α-hetero) is 2. The summed E-state index contributed by atoms with van der Waals surface area (Å²) in [6.45, 7) is 4.93. The van der Waals surface area contributed by atoms with Gasteiger partial charge in [0.05, 0.1) is 37.1 Å². The van der Waals surface area contributed by atoms with E-state index in [0.29, 0.717) is 12.8 Å². The molecule has 17 heteroatoms. The lowest BCUT2D eigenvalue weighted by atomic mass is 9.87. The second-order valence-corrected chi connectivity index (χ2v) is 15.5. The van der Waals surface area contributed by atoms with E-state index in [9.17, 15) is 48.6 Å². The minimum absolute atomic E-state index is 0.0938. The first-order valence-electron chi connectivity index (χ1n) is 18.1. The van der Waals surface area contributed by atoms with E-state index >= 15 is 0 Å². The number of allylic oxidation sites excluding steroid dienone is 1. The van der Waals surface area contributed by atoms with Crippen molar-refractivity contribution < 1.29 is 48.6 Å². The fourth-order valence-electron chi connectivity index (χ4n) is 7.10. The number of fused-ring (bicyclic) bond motifs is 2. The molecular weight excluding hydrogens is 721 g/mol. The number of aliphatic hydroxyl groups is 1. The second-order valence-electron chi connectivity index (χ2n) is 14.4. The highest BCUT2D eigenvalue weighted by Crippen LogP contribution is 2.42. The fourth-order valence-corrected chi connectivity index (χ4v) is 8.33. The van der Waals surface area contributed by atoms with Crippen LogP contribution in [0.1, 0.15) is 75.5 Å². The quantitative estimate of drug-likeness (QED) is 0.160. The zero-order valence-corrected chi connectivity index (χ0v) is 31.5. The summed E-state index contributed by atoms with van der Waals surface area (Å²) in [4.78, 5) is 105. The number of hydrogen-bond donors (Lipinski definition) is 8. The van der Waals surface area contributed by atoms with E-state index in [1.54, 1.807) is 6.92 Å². The van der Waals surface area contributed by atoms with Crippen molar-refractivity contribution in [3.05, 3.63) is 39.8 Å². The van der Waals surface area contributed by atoms with Crippen LogP contribution in [0, 0.1) is 24.7 Å². The van der Waals surface area contributed by atoms with Crippen LogP contribution in [0.4, 0.5) is 0 Å². The van der Waals surface area contributed by atoms with Crippen molar-refractivity contribution in [3.63, 3.8) is 0 Å². The van der Waals surface area contributed by atoms with Crippen molar-refractivity contribution in [1.29, 1.82) is 0 Å². The van der Waals surface area contributed by atoms with Gasteiger partial charge in [-0.15, -0.1) is 11.8 Å². The van der Waals surface area contributed by atoms with Crippen LogP contribution >= 0.6 is 11.8 Å². The molecule has 16 nitrogen and oxygen atoms in total. The molecule has 8 atom stereocenters. The third-order valence-electron chi connectivity index (χ3n) is 10.3. The molecule has 294 valence electrons. The van der Waals surface area contributed by atoms with Crippen molar-refractivity contribution >= 4 is 64.4 Å². The molecule has 1 aromatic carbocycles. The molecule has 0 radical (unpaired) electrons. The van der Waals surface area contributed by atoms with Gasteiger partial charge in [-0.25, -0.2) is 0 Å². The number of carboxylic acid groups (broad SMARTS) is 1. The maximum atomic E-state index is 14.0. The number of amides is 5. The summed E-state index contributed by atoms with van der Waals surface area (Å²) in [7, 11) is 0. The Labute approximate surface area is 317 Å². The Bertz CT molecular complexity index is 1720. The van der Waals surface area contributed by atoms with Crippen LogP contribution < -0.4 is 32.7 Å². The van der Waals surface area contributed by atoms with Gasteiger partial charge in [0.15, 0.2) is 5.78 Å². The number of ketones is 2. The lowest BCUT2D eigenvalue weighted by Crippen LogP contribution is -2.56. The second kappa shape index (κ2) is 18.6. The van der Waals surface area contributed by atoms with Gasteiger partial charge in [-0.05, 0) is 53.7 Å². The van der Waals surface area contributed by atoms with Crippen LogP contribution in [0.2, 0.25) is 0 Å². The smallest absolute Gasteiger partial charge is 0.307 e. The predicted octanol–water partition coefficient (Wildman–Crippen LogP) is -0.391. The molecule has 0 aromatic heterocycles. The molecule has 1 fully saturated rings. The van der Waals surface area contributed by atoms with Crippen LogP contribution in [-0.2, 0) is 44.8 Å². The summed E-state index contributed by atoms with van der Waals surface area (Å²) in [5.41, 5.74) is 15.5. The van der Waals surface area contributed by atoms with Gasteiger partial charge in [0.1, 0.15) is 17.9 Å². The molecule has 4 rings (SSSR count). The average molecular weight is 771 g/mol. The number of nitrogens with two attached hydrogens (primary N) is 2. The van der Waals surface area contributed by atoms with E-state index in [-0.39, 0.29) is 49.6 Å². The standard InChI is InChI=1S/C37H50N6O10S/c1-4-18(3)33-36(51)40-15-32(48)41-27(35(50)42-26(14-30(39)46)34(49)23-11-20(44)12-24(23)37(52)53)16-54-29-10-19-9-17(2)5-6-21(19)22(29)13-25(38)28(45)7-8-31(47)43-33/h5-6,9,18,20,23-27,33,44H,4,7-8,10-16,38H2,1-3H3,(H2,39,46)(H,40,51)(H,41,48)(H,42,50)(H,43,47)(H,52,53)/t18-,20-,23?,24+,25-,26-,27-,33-/m0/s1. The minimum atomic E-state index is -1.56. The average Bonchev–Trinajstić information content (AvgIpc) is 3.67. The van der Waals surface area contributed by atoms with Gasteiger partial charge < -0.3 is 42.9 Å². The van der Waals surface area contributed by atoms with E-state index in [4.69, 9.17) is 11.5 Å². The number of thioether (sulfide) groups is 1. The first kappa shape index (κ1) is 42.1. The third-order valence-corrected chi connectivity index (χ3v) is 11.5. The monoisotopic (exact) mass is 770 g/mol. The predicted molar refractivity (Wildman–Crippen MR) is 198 cm³/mol. The lowest BCUT2D eigenvalue weighted by Gasteiger charge is -2.26. The van der Waals surface area contributed by atoms with Crippen LogP contribution in [0.5, 0.6) is 0 Å². The summed E-state index contributed by atoms with van der Waals surface area (Å²) in [6.07, 6.45) is -1.35. The summed E-state index contributed by atoms with van der Waals surface area (Å²) >= 11 is 1.23. The first-order valence-corrected chi connectivity index (χ1v) is 19.1. The van der Waals surface area contributed by atoms with E-state index in [2.05, 4.69) is 21.3 Å². The zero-order valence-electron chi connectivity index (χ0n) is 30.6. The Morgan fingerprint density at radius 3 is 2.41 bits per heavy atom. The van der Waals surface area contributed by atoms with Crippen LogP contribution in [0.15, 0.2) is 23.1 Å². The topological polar surface area (TPSA) is 277 Å². The number of aryl methyl sites for hydroxylation is 1. The summed E-state index contributed by atoms with van der Waals surface area (Å²) < 4.78 is 0. The minimum Gasteiger partial charge on any atom is -0.481 e. The highest BCUT2D eigenvalue weighted by atomic mass is 32.2. The molecule has 1 heterocycles. The molecule has 1 aliphatic heterocycles. The maximum Gasteiger partial charge on any atom is 0.307 e. The van der Waals surface area contributed by atoms with Gasteiger partial charge in [-0.3, -0.25) is 38.4 Å². The number of rotatable bonds is 9. The van der Waals surface area contributed by atoms with Crippen LogP contribution in [0.3, 0.4) is 0 Å². The molecule has 2 aliphatic carbocycles. The number of carbonyl (C=O) groups is 8. The largest absolute Gasteiger partial charge is 0.481 e.